The SMILES string of the molecule is CCn1cc(NC(=O)C2CCN(C(=O)CSc3nc4ccccc4n3CC)CC2)cn1. The van der Waals surface area contributed by atoms with E-state index in [0.29, 0.717) is 31.7 Å². The molecule has 31 heavy (non-hydrogen) atoms. The number of thioether (sulfide) groups is 1. The first-order chi connectivity index (χ1) is 15.1. The quantitative estimate of drug-likeness (QED) is 0.570. The number of carbonyl (C=O) groups excluding carboxylic acids is 2. The molecule has 2 amide bonds. The van der Waals surface area contributed by atoms with E-state index in [9.17, 15) is 9.59 Å². The van der Waals surface area contributed by atoms with Gasteiger partial charge in [-0.1, -0.05) is 23.9 Å². The number of piperidine rings is 1. The fourth-order valence-corrected chi connectivity index (χ4v) is 4.90. The third-order valence-electron chi connectivity index (χ3n) is 5.70. The third kappa shape index (κ3) is 4.76. The predicted molar refractivity (Wildman–Crippen MR) is 122 cm³/mol. The van der Waals surface area contributed by atoms with Crippen molar-refractivity contribution in [2.24, 2.45) is 5.92 Å². The monoisotopic (exact) mass is 440 g/mol. The number of imidazole rings is 1. The van der Waals surface area contributed by atoms with Crippen molar-refractivity contribution >= 4 is 40.3 Å². The van der Waals surface area contributed by atoms with E-state index in [1.54, 1.807) is 10.9 Å². The number of para-hydroxylation sites is 2. The first-order valence-electron chi connectivity index (χ1n) is 10.8. The van der Waals surface area contributed by atoms with E-state index in [0.717, 1.165) is 35.0 Å². The molecule has 8 nitrogen and oxygen atoms in total. The lowest BCUT2D eigenvalue weighted by molar-refractivity contribution is -0.132. The van der Waals surface area contributed by atoms with Gasteiger partial charge in [0.25, 0.3) is 0 Å². The molecular weight excluding hydrogens is 412 g/mol. The van der Waals surface area contributed by atoms with Crippen LogP contribution in [0.2, 0.25) is 0 Å². The van der Waals surface area contributed by atoms with Crippen molar-refractivity contribution in [3.63, 3.8) is 0 Å². The molecule has 1 N–H and O–H groups in total. The second kappa shape index (κ2) is 9.55. The zero-order valence-corrected chi connectivity index (χ0v) is 18.8. The molecule has 1 aliphatic heterocycles. The van der Waals surface area contributed by atoms with Gasteiger partial charge >= 0.3 is 0 Å². The Hall–Kier alpha value is -2.81. The highest BCUT2D eigenvalue weighted by Crippen LogP contribution is 2.25. The Morgan fingerprint density at radius 2 is 1.94 bits per heavy atom. The van der Waals surface area contributed by atoms with Crippen molar-refractivity contribution in [2.75, 3.05) is 24.2 Å². The molecule has 1 aromatic carbocycles. The van der Waals surface area contributed by atoms with Crippen LogP contribution in [0.25, 0.3) is 11.0 Å². The average Bonchev–Trinajstić information content (AvgIpc) is 3.41. The number of rotatable bonds is 7. The van der Waals surface area contributed by atoms with Gasteiger partial charge in [0.05, 0.1) is 28.7 Å². The van der Waals surface area contributed by atoms with Gasteiger partial charge in [-0.2, -0.15) is 5.10 Å². The molecular formula is C22H28N6O2S. The van der Waals surface area contributed by atoms with Crippen molar-refractivity contribution < 1.29 is 9.59 Å². The number of benzene rings is 1. The number of nitrogens with one attached hydrogen (secondary N) is 1. The Morgan fingerprint density at radius 3 is 2.65 bits per heavy atom. The molecule has 164 valence electrons. The normalized spacial score (nSPS) is 14.8. The molecule has 0 spiro atoms. The topological polar surface area (TPSA) is 85.0 Å². The van der Waals surface area contributed by atoms with Gasteiger partial charge < -0.3 is 14.8 Å². The highest BCUT2D eigenvalue weighted by molar-refractivity contribution is 7.99. The van der Waals surface area contributed by atoms with E-state index in [-0.39, 0.29) is 17.7 Å². The third-order valence-corrected chi connectivity index (χ3v) is 6.66. The van der Waals surface area contributed by atoms with Gasteiger partial charge in [0.1, 0.15) is 0 Å². The van der Waals surface area contributed by atoms with Crippen LogP contribution >= 0.6 is 11.8 Å². The maximum Gasteiger partial charge on any atom is 0.233 e. The summed E-state index contributed by atoms with van der Waals surface area (Å²) in [6.07, 6.45) is 4.85. The van der Waals surface area contributed by atoms with Crippen LogP contribution < -0.4 is 5.32 Å². The Balaban J connectivity index is 1.28. The number of likely N-dealkylation sites (tertiary alicyclic amines) is 1. The van der Waals surface area contributed by atoms with Gasteiger partial charge in [0, 0.05) is 38.3 Å². The van der Waals surface area contributed by atoms with Crippen molar-refractivity contribution in [3.05, 3.63) is 36.7 Å². The lowest BCUT2D eigenvalue weighted by Gasteiger charge is -2.31. The molecule has 9 heteroatoms. The number of carbonyl (C=O) groups is 2. The molecule has 0 radical (unpaired) electrons. The maximum atomic E-state index is 12.7. The first-order valence-corrected chi connectivity index (χ1v) is 11.8. The number of nitrogens with zero attached hydrogens (tertiary/aromatic N) is 5. The molecule has 0 atom stereocenters. The van der Waals surface area contributed by atoms with Gasteiger partial charge in [-0.3, -0.25) is 14.3 Å². The second-order valence-electron chi connectivity index (χ2n) is 7.65. The van der Waals surface area contributed by atoms with Gasteiger partial charge in [0.2, 0.25) is 11.8 Å². The summed E-state index contributed by atoms with van der Waals surface area (Å²) in [6.45, 7) is 6.88. The highest BCUT2D eigenvalue weighted by Gasteiger charge is 2.27. The zero-order chi connectivity index (χ0) is 21.8. The average molecular weight is 441 g/mol. The molecule has 1 saturated heterocycles. The van der Waals surface area contributed by atoms with Gasteiger partial charge in [-0.15, -0.1) is 0 Å². The maximum absolute atomic E-state index is 12.7. The van der Waals surface area contributed by atoms with Crippen LogP contribution in [-0.2, 0) is 22.7 Å². The molecule has 1 fully saturated rings. The molecule has 2 aromatic heterocycles. The number of aromatic nitrogens is 4. The summed E-state index contributed by atoms with van der Waals surface area (Å²) in [6, 6.07) is 8.04. The van der Waals surface area contributed by atoms with Crippen molar-refractivity contribution in [3.8, 4) is 0 Å². The number of fused-ring (bicyclic) bond motifs is 1. The molecule has 3 aromatic rings. The summed E-state index contributed by atoms with van der Waals surface area (Å²) in [7, 11) is 0. The Morgan fingerprint density at radius 1 is 1.16 bits per heavy atom. The second-order valence-corrected chi connectivity index (χ2v) is 8.59. The van der Waals surface area contributed by atoms with E-state index >= 15 is 0 Å². The van der Waals surface area contributed by atoms with Gasteiger partial charge in [-0.25, -0.2) is 4.98 Å². The molecule has 4 rings (SSSR count). The summed E-state index contributed by atoms with van der Waals surface area (Å²) in [4.78, 5) is 31.8. The van der Waals surface area contributed by atoms with E-state index in [1.807, 2.05) is 36.2 Å². The largest absolute Gasteiger partial charge is 0.342 e. The smallest absolute Gasteiger partial charge is 0.233 e. The number of anilines is 1. The standard InChI is InChI=1S/C22H28N6O2S/c1-3-27-14-17(13-23-27)24-21(30)16-9-11-26(12-10-16)20(29)15-31-22-25-18-7-5-6-8-19(18)28(22)4-2/h5-8,13-14,16H,3-4,9-12,15H2,1-2H3,(H,24,30). The van der Waals surface area contributed by atoms with Crippen molar-refractivity contribution in [2.45, 2.75) is 44.9 Å². The van der Waals surface area contributed by atoms with E-state index in [1.165, 1.54) is 11.8 Å². The Bertz CT molecular complexity index is 1070. The number of amides is 2. The lowest BCUT2D eigenvalue weighted by atomic mass is 9.96. The lowest BCUT2D eigenvalue weighted by Crippen LogP contribution is -2.42. The van der Waals surface area contributed by atoms with Crippen LogP contribution in [0.5, 0.6) is 0 Å². The Labute approximate surface area is 186 Å². The van der Waals surface area contributed by atoms with Crippen LogP contribution in [0.1, 0.15) is 26.7 Å². The molecule has 1 aliphatic rings. The summed E-state index contributed by atoms with van der Waals surface area (Å²) in [5.74, 6) is 0.388. The number of hydrogen-bond acceptors (Lipinski definition) is 5. The zero-order valence-electron chi connectivity index (χ0n) is 18.0. The van der Waals surface area contributed by atoms with Crippen molar-refractivity contribution in [1.29, 1.82) is 0 Å². The minimum Gasteiger partial charge on any atom is -0.342 e. The first kappa shape index (κ1) is 21.4. The van der Waals surface area contributed by atoms with Crippen molar-refractivity contribution in [1.82, 2.24) is 24.2 Å². The van der Waals surface area contributed by atoms with Crippen LogP contribution in [0.3, 0.4) is 0 Å². The summed E-state index contributed by atoms with van der Waals surface area (Å²) >= 11 is 1.48. The van der Waals surface area contributed by atoms with Crippen LogP contribution in [-0.4, -0.2) is 54.9 Å². The molecule has 0 unspecified atom stereocenters. The summed E-state index contributed by atoms with van der Waals surface area (Å²) < 4.78 is 3.92. The summed E-state index contributed by atoms with van der Waals surface area (Å²) in [5, 5.41) is 8.00. The fourth-order valence-electron chi connectivity index (χ4n) is 3.92. The Kier molecular flexibility index (Phi) is 6.60. The number of aryl methyl sites for hydroxylation is 2. The fraction of sp³-hybridized carbons (Fsp3) is 0.455. The van der Waals surface area contributed by atoms with Crippen LogP contribution in [0, 0.1) is 5.92 Å². The predicted octanol–water partition coefficient (Wildman–Crippen LogP) is 3.24. The van der Waals surface area contributed by atoms with Gasteiger partial charge in [-0.05, 0) is 38.8 Å². The van der Waals surface area contributed by atoms with Crippen LogP contribution in [0.15, 0.2) is 41.8 Å². The van der Waals surface area contributed by atoms with E-state index < -0.39 is 0 Å². The highest BCUT2D eigenvalue weighted by atomic mass is 32.2. The molecule has 0 bridgehead atoms. The van der Waals surface area contributed by atoms with E-state index in [2.05, 4.69) is 33.0 Å². The van der Waals surface area contributed by atoms with Gasteiger partial charge in [0.15, 0.2) is 5.16 Å². The molecule has 3 heterocycles. The number of hydrogen-bond donors (Lipinski definition) is 1. The summed E-state index contributed by atoms with van der Waals surface area (Å²) in [5.41, 5.74) is 2.77. The minimum atomic E-state index is -0.0778. The van der Waals surface area contributed by atoms with Crippen LogP contribution in [0.4, 0.5) is 5.69 Å². The van der Waals surface area contributed by atoms with E-state index in [4.69, 9.17) is 0 Å². The minimum absolute atomic E-state index is 0.00814. The molecule has 0 aliphatic carbocycles. The molecule has 0 saturated carbocycles.